The third kappa shape index (κ3) is 3.51. The molecule has 2 heterocycles. The summed E-state index contributed by atoms with van der Waals surface area (Å²) in [6.45, 7) is 5.85. The van der Waals surface area contributed by atoms with E-state index >= 15 is 0 Å². The van der Waals surface area contributed by atoms with E-state index in [0.29, 0.717) is 5.11 Å². The lowest BCUT2D eigenvalue weighted by Crippen LogP contribution is -2.34. The monoisotopic (exact) mass is 321 g/mol. The van der Waals surface area contributed by atoms with Crippen molar-refractivity contribution in [3.8, 4) is 0 Å². The minimum Gasteiger partial charge on any atom is -0.376 e. The van der Waals surface area contributed by atoms with Crippen LogP contribution in [0, 0.1) is 13.8 Å². The topological polar surface area (TPSA) is 46.2 Å². The Kier molecular flexibility index (Phi) is 4.37. The molecule has 1 aromatic carbocycles. The molecule has 1 aliphatic heterocycles. The number of rotatable bonds is 3. The Bertz CT molecular complexity index is 623. The molecule has 6 heteroatoms. The van der Waals surface area contributed by atoms with Crippen LogP contribution in [0.1, 0.15) is 24.0 Å². The number of nitrogens with one attached hydrogen (secondary N) is 2. The van der Waals surface area contributed by atoms with Crippen LogP contribution >= 0.6 is 23.6 Å². The molecule has 1 aromatic heterocycles. The Labute approximate surface area is 133 Å². The SMILES string of the molecule is Cc1cc2nc(NC(=S)NC[C@@H]3CCCO3)sc2cc1C. The number of fused-ring (bicyclic) bond motifs is 1. The first kappa shape index (κ1) is 14.7. The maximum absolute atomic E-state index is 5.56. The number of ether oxygens (including phenoxy) is 1. The van der Waals surface area contributed by atoms with Gasteiger partial charge in [0.15, 0.2) is 10.2 Å². The normalized spacial score (nSPS) is 18.1. The third-order valence-corrected chi connectivity index (χ3v) is 4.92. The minimum absolute atomic E-state index is 0.283. The number of nitrogens with zero attached hydrogens (tertiary/aromatic N) is 1. The van der Waals surface area contributed by atoms with E-state index in [1.54, 1.807) is 11.3 Å². The molecule has 3 rings (SSSR count). The number of hydrogen-bond acceptors (Lipinski definition) is 4. The zero-order valence-electron chi connectivity index (χ0n) is 12.2. The van der Waals surface area contributed by atoms with Gasteiger partial charge in [0.2, 0.25) is 0 Å². The fourth-order valence-electron chi connectivity index (χ4n) is 2.39. The molecule has 0 saturated carbocycles. The second-order valence-electron chi connectivity index (χ2n) is 5.39. The van der Waals surface area contributed by atoms with Crippen molar-refractivity contribution in [2.45, 2.75) is 32.8 Å². The molecular formula is C15H19N3OS2. The van der Waals surface area contributed by atoms with Gasteiger partial charge in [0, 0.05) is 13.2 Å². The first-order chi connectivity index (χ1) is 10.1. The Morgan fingerprint density at radius 2 is 2.24 bits per heavy atom. The van der Waals surface area contributed by atoms with Crippen LogP contribution in [0.2, 0.25) is 0 Å². The van der Waals surface area contributed by atoms with Crippen LogP contribution in [-0.2, 0) is 4.74 Å². The van der Waals surface area contributed by atoms with Crippen LogP contribution in [0.3, 0.4) is 0 Å². The minimum atomic E-state index is 0.283. The average molecular weight is 321 g/mol. The van der Waals surface area contributed by atoms with E-state index in [0.717, 1.165) is 36.6 Å². The van der Waals surface area contributed by atoms with Crippen molar-refractivity contribution in [1.82, 2.24) is 10.3 Å². The molecule has 112 valence electrons. The van der Waals surface area contributed by atoms with Crippen molar-refractivity contribution < 1.29 is 4.74 Å². The smallest absolute Gasteiger partial charge is 0.190 e. The summed E-state index contributed by atoms with van der Waals surface area (Å²) in [7, 11) is 0. The van der Waals surface area contributed by atoms with Crippen molar-refractivity contribution in [3.05, 3.63) is 23.3 Å². The molecule has 0 spiro atoms. The van der Waals surface area contributed by atoms with Crippen molar-refractivity contribution in [2.24, 2.45) is 0 Å². The van der Waals surface area contributed by atoms with Gasteiger partial charge >= 0.3 is 0 Å². The molecule has 0 aliphatic carbocycles. The standard InChI is InChI=1S/C15H19N3OS2/c1-9-6-12-13(7-10(9)2)21-15(17-12)18-14(20)16-8-11-4-3-5-19-11/h6-7,11H,3-5,8H2,1-2H3,(H2,16,17,18,20)/t11-/m0/s1. The Hall–Kier alpha value is -1.24. The summed E-state index contributed by atoms with van der Waals surface area (Å²) in [4.78, 5) is 4.58. The van der Waals surface area contributed by atoms with Gasteiger partial charge < -0.3 is 15.4 Å². The molecule has 0 radical (unpaired) electrons. The third-order valence-electron chi connectivity index (χ3n) is 3.74. The van der Waals surface area contributed by atoms with Crippen molar-refractivity contribution >= 4 is 44.0 Å². The van der Waals surface area contributed by atoms with Crippen LogP contribution in [0.4, 0.5) is 5.13 Å². The second-order valence-corrected chi connectivity index (χ2v) is 6.83. The van der Waals surface area contributed by atoms with E-state index in [1.807, 2.05) is 0 Å². The van der Waals surface area contributed by atoms with E-state index in [2.05, 4.69) is 41.6 Å². The van der Waals surface area contributed by atoms with Gasteiger partial charge in [0.1, 0.15) is 0 Å². The molecule has 1 fully saturated rings. The molecule has 1 saturated heterocycles. The second kappa shape index (κ2) is 6.25. The highest BCUT2D eigenvalue weighted by atomic mass is 32.1. The molecule has 0 unspecified atom stereocenters. The van der Waals surface area contributed by atoms with Gasteiger partial charge in [-0.2, -0.15) is 0 Å². The number of aryl methyl sites for hydroxylation is 2. The fraction of sp³-hybridized carbons (Fsp3) is 0.467. The largest absolute Gasteiger partial charge is 0.376 e. The molecule has 21 heavy (non-hydrogen) atoms. The number of benzene rings is 1. The zero-order chi connectivity index (χ0) is 14.8. The van der Waals surface area contributed by atoms with E-state index in [4.69, 9.17) is 17.0 Å². The molecule has 1 aliphatic rings. The number of hydrogen-bond donors (Lipinski definition) is 2. The molecule has 0 amide bonds. The van der Waals surface area contributed by atoms with Crippen LogP contribution < -0.4 is 10.6 Å². The molecular weight excluding hydrogens is 302 g/mol. The summed E-state index contributed by atoms with van der Waals surface area (Å²) in [5, 5.41) is 7.81. The van der Waals surface area contributed by atoms with Gasteiger partial charge in [-0.05, 0) is 62.2 Å². The lowest BCUT2D eigenvalue weighted by atomic mass is 10.1. The first-order valence-corrected chi connectivity index (χ1v) is 8.38. The average Bonchev–Trinajstić information content (AvgIpc) is 3.06. The lowest BCUT2D eigenvalue weighted by molar-refractivity contribution is 0.114. The Morgan fingerprint density at radius 3 is 3.00 bits per heavy atom. The summed E-state index contributed by atoms with van der Waals surface area (Å²) in [6.07, 6.45) is 2.53. The lowest BCUT2D eigenvalue weighted by Gasteiger charge is -2.12. The predicted molar refractivity (Wildman–Crippen MR) is 92.3 cm³/mol. The molecule has 2 N–H and O–H groups in total. The summed E-state index contributed by atoms with van der Waals surface area (Å²) in [5.41, 5.74) is 3.57. The molecule has 1 atom stereocenters. The highest BCUT2D eigenvalue weighted by molar-refractivity contribution is 7.80. The number of thiazole rings is 1. The molecule has 0 bridgehead atoms. The van der Waals surface area contributed by atoms with Crippen LogP contribution in [-0.4, -0.2) is 29.4 Å². The van der Waals surface area contributed by atoms with Crippen molar-refractivity contribution in [2.75, 3.05) is 18.5 Å². The summed E-state index contributed by atoms with van der Waals surface area (Å²) in [5.74, 6) is 0. The Morgan fingerprint density at radius 1 is 1.43 bits per heavy atom. The quantitative estimate of drug-likeness (QED) is 0.849. The van der Waals surface area contributed by atoms with Gasteiger partial charge in [-0.1, -0.05) is 11.3 Å². The van der Waals surface area contributed by atoms with Crippen LogP contribution in [0.5, 0.6) is 0 Å². The number of anilines is 1. The van der Waals surface area contributed by atoms with Gasteiger partial charge in [0.05, 0.1) is 16.3 Å². The fourth-order valence-corrected chi connectivity index (χ4v) is 3.58. The van der Waals surface area contributed by atoms with Gasteiger partial charge in [-0.15, -0.1) is 0 Å². The van der Waals surface area contributed by atoms with Gasteiger partial charge in [-0.3, -0.25) is 0 Å². The molecule has 2 aromatic rings. The zero-order valence-corrected chi connectivity index (χ0v) is 13.9. The van der Waals surface area contributed by atoms with Crippen LogP contribution in [0.15, 0.2) is 12.1 Å². The first-order valence-electron chi connectivity index (χ1n) is 7.16. The highest BCUT2D eigenvalue weighted by Gasteiger charge is 2.15. The highest BCUT2D eigenvalue weighted by Crippen LogP contribution is 2.28. The van der Waals surface area contributed by atoms with Crippen molar-refractivity contribution in [3.63, 3.8) is 0 Å². The number of aromatic nitrogens is 1. The van der Waals surface area contributed by atoms with Crippen molar-refractivity contribution in [1.29, 1.82) is 0 Å². The summed E-state index contributed by atoms with van der Waals surface area (Å²) < 4.78 is 6.75. The van der Waals surface area contributed by atoms with E-state index in [9.17, 15) is 0 Å². The predicted octanol–water partition coefficient (Wildman–Crippen LogP) is 3.38. The van der Waals surface area contributed by atoms with E-state index < -0.39 is 0 Å². The van der Waals surface area contributed by atoms with Crippen LogP contribution in [0.25, 0.3) is 10.2 Å². The van der Waals surface area contributed by atoms with E-state index in [-0.39, 0.29) is 6.10 Å². The summed E-state index contributed by atoms with van der Waals surface area (Å²) >= 11 is 6.94. The summed E-state index contributed by atoms with van der Waals surface area (Å²) in [6, 6.07) is 4.30. The van der Waals surface area contributed by atoms with E-state index in [1.165, 1.54) is 15.8 Å². The van der Waals surface area contributed by atoms with Gasteiger partial charge in [-0.25, -0.2) is 4.98 Å². The Balaban J connectivity index is 1.62. The molecule has 4 nitrogen and oxygen atoms in total. The number of thiocarbonyl (C=S) groups is 1. The maximum Gasteiger partial charge on any atom is 0.190 e. The van der Waals surface area contributed by atoms with Gasteiger partial charge in [0.25, 0.3) is 0 Å². The maximum atomic E-state index is 5.56.